The quantitative estimate of drug-likeness (QED) is 0.796. The Labute approximate surface area is 99.6 Å². The number of amides is 1. The van der Waals surface area contributed by atoms with Crippen LogP contribution >= 0.6 is 11.6 Å². The molecule has 0 aliphatic carbocycles. The smallest absolute Gasteiger partial charge is 0.224 e. The Balaban J connectivity index is 2.53. The molecule has 16 heavy (non-hydrogen) atoms. The fourth-order valence-electron chi connectivity index (χ4n) is 1.19. The highest BCUT2D eigenvalue weighted by atomic mass is 35.5. The van der Waals surface area contributed by atoms with Gasteiger partial charge in [-0.1, -0.05) is 11.6 Å². The van der Waals surface area contributed by atoms with Gasteiger partial charge in [-0.2, -0.15) is 0 Å². The molecule has 1 amide bonds. The molecular weight excluding hydrogens is 228 g/mol. The van der Waals surface area contributed by atoms with Crippen molar-refractivity contribution < 1.29 is 9.90 Å². The molecule has 1 unspecified atom stereocenters. The van der Waals surface area contributed by atoms with E-state index in [1.165, 1.54) is 6.20 Å². The fraction of sp³-hybridized carbons (Fsp3) is 0.455. The van der Waals surface area contributed by atoms with Gasteiger partial charge in [-0.15, -0.1) is 0 Å². The molecule has 1 rings (SSSR count). The van der Waals surface area contributed by atoms with Crippen molar-refractivity contribution in [1.82, 2.24) is 4.98 Å². The Bertz CT molecular complexity index is 380. The van der Waals surface area contributed by atoms with E-state index in [4.69, 9.17) is 16.7 Å². The molecule has 0 bridgehead atoms. The molecule has 0 spiro atoms. The van der Waals surface area contributed by atoms with Gasteiger partial charge in [0.15, 0.2) is 0 Å². The lowest BCUT2D eigenvalue weighted by atomic mass is 10.2. The molecule has 0 radical (unpaired) electrons. The van der Waals surface area contributed by atoms with Gasteiger partial charge in [0.2, 0.25) is 5.91 Å². The van der Waals surface area contributed by atoms with Crippen molar-refractivity contribution in [3.05, 3.63) is 23.0 Å². The number of anilines is 1. The van der Waals surface area contributed by atoms with Crippen LogP contribution in [-0.2, 0) is 4.79 Å². The molecule has 2 N–H and O–H groups in total. The van der Waals surface area contributed by atoms with Gasteiger partial charge in [0.1, 0.15) is 5.15 Å². The highest BCUT2D eigenvalue weighted by Crippen LogP contribution is 2.16. The minimum absolute atomic E-state index is 0.135. The van der Waals surface area contributed by atoms with Crippen molar-refractivity contribution in [2.75, 3.05) is 5.32 Å². The number of aliphatic hydroxyl groups is 1. The number of carbonyl (C=O) groups is 1. The Hall–Kier alpha value is -1.13. The summed E-state index contributed by atoms with van der Waals surface area (Å²) in [6.07, 6.45) is 1.79. The molecule has 0 saturated carbocycles. The van der Waals surface area contributed by atoms with Gasteiger partial charge in [0, 0.05) is 6.42 Å². The van der Waals surface area contributed by atoms with Crippen LogP contribution in [0.4, 0.5) is 5.69 Å². The Morgan fingerprint density at radius 3 is 2.94 bits per heavy atom. The zero-order valence-corrected chi connectivity index (χ0v) is 10.1. The molecule has 1 aromatic heterocycles. The van der Waals surface area contributed by atoms with Gasteiger partial charge in [-0.3, -0.25) is 4.79 Å². The number of nitrogens with one attached hydrogen (secondary N) is 1. The van der Waals surface area contributed by atoms with E-state index in [0.717, 1.165) is 5.56 Å². The summed E-state index contributed by atoms with van der Waals surface area (Å²) in [5, 5.41) is 12.2. The number of carbonyl (C=O) groups excluding carboxylic acids is 1. The lowest BCUT2D eigenvalue weighted by molar-refractivity contribution is -0.116. The molecule has 4 nitrogen and oxygen atoms in total. The lowest BCUT2D eigenvalue weighted by Gasteiger charge is -2.07. The van der Waals surface area contributed by atoms with E-state index in [-0.39, 0.29) is 5.91 Å². The number of nitrogens with zero attached hydrogens (tertiary/aromatic N) is 1. The third-order valence-electron chi connectivity index (χ3n) is 2.09. The first kappa shape index (κ1) is 12.9. The summed E-state index contributed by atoms with van der Waals surface area (Å²) < 4.78 is 0. The third-order valence-corrected chi connectivity index (χ3v) is 2.48. The summed E-state index contributed by atoms with van der Waals surface area (Å²) in [6.45, 7) is 3.47. The lowest BCUT2D eigenvalue weighted by Crippen LogP contribution is -2.14. The predicted octanol–water partition coefficient (Wildman–Crippen LogP) is 2.14. The van der Waals surface area contributed by atoms with Crippen molar-refractivity contribution in [2.45, 2.75) is 32.8 Å². The zero-order valence-electron chi connectivity index (χ0n) is 9.33. The van der Waals surface area contributed by atoms with Crippen LogP contribution in [0.3, 0.4) is 0 Å². The largest absolute Gasteiger partial charge is 0.393 e. The van der Waals surface area contributed by atoms with E-state index in [0.29, 0.717) is 23.7 Å². The van der Waals surface area contributed by atoms with Crippen LogP contribution in [0.5, 0.6) is 0 Å². The average molecular weight is 243 g/mol. The van der Waals surface area contributed by atoms with E-state index >= 15 is 0 Å². The minimum Gasteiger partial charge on any atom is -0.393 e. The molecule has 1 aromatic rings. The number of aliphatic hydroxyl groups excluding tert-OH is 1. The normalized spacial score (nSPS) is 12.2. The van der Waals surface area contributed by atoms with Gasteiger partial charge in [-0.05, 0) is 31.9 Å². The first-order valence-electron chi connectivity index (χ1n) is 5.09. The predicted molar refractivity (Wildman–Crippen MR) is 63.5 cm³/mol. The number of hydrogen-bond acceptors (Lipinski definition) is 3. The fourth-order valence-corrected chi connectivity index (χ4v) is 1.29. The van der Waals surface area contributed by atoms with E-state index in [9.17, 15) is 4.79 Å². The maximum Gasteiger partial charge on any atom is 0.224 e. The average Bonchev–Trinajstić information content (AvgIpc) is 2.21. The highest BCUT2D eigenvalue weighted by molar-refractivity contribution is 6.30. The summed E-state index contributed by atoms with van der Waals surface area (Å²) in [5.41, 5.74) is 1.44. The van der Waals surface area contributed by atoms with E-state index in [2.05, 4.69) is 10.3 Å². The van der Waals surface area contributed by atoms with Crippen LogP contribution in [0.25, 0.3) is 0 Å². The van der Waals surface area contributed by atoms with Gasteiger partial charge in [0.05, 0.1) is 18.0 Å². The van der Waals surface area contributed by atoms with Crippen molar-refractivity contribution >= 4 is 23.2 Å². The van der Waals surface area contributed by atoms with E-state index in [1.54, 1.807) is 13.0 Å². The molecule has 0 saturated heterocycles. The number of pyridine rings is 1. The molecular formula is C11H15ClN2O2. The number of rotatable bonds is 4. The van der Waals surface area contributed by atoms with Gasteiger partial charge < -0.3 is 10.4 Å². The molecule has 88 valence electrons. The van der Waals surface area contributed by atoms with Crippen LogP contribution in [0, 0.1) is 6.92 Å². The first-order valence-corrected chi connectivity index (χ1v) is 5.47. The van der Waals surface area contributed by atoms with Crippen molar-refractivity contribution in [3.63, 3.8) is 0 Å². The van der Waals surface area contributed by atoms with Gasteiger partial charge >= 0.3 is 0 Å². The number of aryl methyl sites for hydroxylation is 1. The van der Waals surface area contributed by atoms with Crippen LogP contribution in [-0.4, -0.2) is 22.1 Å². The van der Waals surface area contributed by atoms with Crippen LogP contribution in [0.2, 0.25) is 5.15 Å². The second-order valence-electron chi connectivity index (χ2n) is 3.77. The standard InChI is InChI=1S/C11H15ClN2O2/c1-7-5-9(6-13-11(7)12)14-10(16)4-3-8(2)15/h5-6,8,15H,3-4H2,1-2H3,(H,14,16). The summed E-state index contributed by atoms with van der Waals surface area (Å²) >= 11 is 5.76. The van der Waals surface area contributed by atoms with E-state index in [1.807, 2.05) is 6.92 Å². The molecule has 0 aromatic carbocycles. The summed E-state index contributed by atoms with van der Waals surface area (Å²) in [4.78, 5) is 15.4. The van der Waals surface area contributed by atoms with Crippen LogP contribution in [0.1, 0.15) is 25.3 Å². The minimum atomic E-state index is -0.462. The monoisotopic (exact) mass is 242 g/mol. The second-order valence-corrected chi connectivity index (χ2v) is 4.13. The number of halogens is 1. The van der Waals surface area contributed by atoms with Crippen LogP contribution < -0.4 is 5.32 Å². The van der Waals surface area contributed by atoms with Gasteiger partial charge in [0.25, 0.3) is 0 Å². The summed E-state index contributed by atoms with van der Waals surface area (Å²) in [7, 11) is 0. The molecule has 0 aliphatic heterocycles. The van der Waals surface area contributed by atoms with Gasteiger partial charge in [-0.25, -0.2) is 4.98 Å². The van der Waals surface area contributed by atoms with E-state index < -0.39 is 6.10 Å². The molecule has 0 aliphatic rings. The molecule has 1 atom stereocenters. The Morgan fingerprint density at radius 2 is 2.38 bits per heavy atom. The van der Waals surface area contributed by atoms with Crippen molar-refractivity contribution in [3.8, 4) is 0 Å². The maximum absolute atomic E-state index is 11.4. The van der Waals surface area contributed by atoms with Crippen molar-refractivity contribution in [2.24, 2.45) is 0 Å². The number of aromatic nitrogens is 1. The maximum atomic E-state index is 11.4. The Kier molecular flexibility index (Phi) is 4.71. The molecule has 1 heterocycles. The second kappa shape index (κ2) is 5.82. The summed E-state index contributed by atoms with van der Waals surface area (Å²) in [6, 6.07) is 1.76. The molecule has 0 fully saturated rings. The number of hydrogen-bond donors (Lipinski definition) is 2. The van der Waals surface area contributed by atoms with Crippen molar-refractivity contribution in [1.29, 1.82) is 0 Å². The van der Waals surface area contributed by atoms with Crippen LogP contribution in [0.15, 0.2) is 12.3 Å². The third kappa shape index (κ3) is 4.16. The zero-order chi connectivity index (χ0) is 12.1. The first-order chi connectivity index (χ1) is 7.49. The highest BCUT2D eigenvalue weighted by Gasteiger charge is 2.06. The molecule has 5 heteroatoms. The topological polar surface area (TPSA) is 62.2 Å². The SMILES string of the molecule is Cc1cc(NC(=O)CCC(C)O)cnc1Cl. The Morgan fingerprint density at radius 1 is 1.69 bits per heavy atom. The summed E-state index contributed by atoms with van der Waals surface area (Å²) in [5.74, 6) is -0.135.